The minimum atomic E-state index is -0.479. The second-order valence-electron chi connectivity index (χ2n) is 6.89. The summed E-state index contributed by atoms with van der Waals surface area (Å²) < 4.78 is 5.57. The number of hydrogen-bond acceptors (Lipinski definition) is 3. The van der Waals surface area contributed by atoms with E-state index in [4.69, 9.17) is 4.74 Å². The quantitative estimate of drug-likeness (QED) is 0.522. The second-order valence-corrected chi connectivity index (χ2v) is 6.89. The average molecular weight is 306 g/mol. The van der Waals surface area contributed by atoms with E-state index in [0.717, 1.165) is 32.1 Å². The number of phenolic OH excluding ortho intramolecular Hbond substituents is 1. The number of ether oxygens (including phenoxy) is 1. The van der Waals surface area contributed by atoms with Gasteiger partial charge in [-0.05, 0) is 49.4 Å². The van der Waals surface area contributed by atoms with E-state index in [1.54, 1.807) is 12.1 Å². The molecule has 3 heteroatoms. The molecular weight excluding hydrogens is 276 g/mol. The van der Waals surface area contributed by atoms with Crippen molar-refractivity contribution < 1.29 is 14.6 Å². The third-order valence-corrected chi connectivity index (χ3v) is 4.87. The van der Waals surface area contributed by atoms with Gasteiger partial charge in [-0.1, -0.05) is 47.0 Å². The summed E-state index contributed by atoms with van der Waals surface area (Å²) in [4.78, 5) is 12.7. The zero-order valence-corrected chi connectivity index (χ0v) is 14.6. The first-order chi connectivity index (χ1) is 10.3. The molecular formula is C19H30O3. The van der Waals surface area contributed by atoms with E-state index in [-0.39, 0.29) is 17.1 Å². The summed E-state index contributed by atoms with van der Waals surface area (Å²) in [7, 11) is 0. The predicted molar refractivity (Wildman–Crippen MR) is 90.1 cm³/mol. The lowest BCUT2D eigenvalue weighted by Gasteiger charge is -2.37. The van der Waals surface area contributed by atoms with Crippen LogP contribution in [0.1, 0.15) is 66.7 Å². The van der Waals surface area contributed by atoms with Crippen LogP contribution in [-0.2, 0) is 4.79 Å². The number of carbonyl (C=O) groups is 1. The topological polar surface area (TPSA) is 46.5 Å². The molecule has 0 aromatic heterocycles. The average Bonchev–Trinajstić information content (AvgIpc) is 2.49. The molecule has 0 aliphatic heterocycles. The molecule has 3 nitrogen and oxygen atoms in total. The molecule has 0 radical (unpaired) electrons. The van der Waals surface area contributed by atoms with Gasteiger partial charge in [0.05, 0.1) is 5.41 Å². The Morgan fingerprint density at radius 3 is 2.09 bits per heavy atom. The van der Waals surface area contributed by atoms with Crippen molar-refractivity contribution >= 4 is 5.97 Å². The molecule has 1 N–H and O–H groups in total. The van der Waals surface area contributed by atoms with E-state index in [1.165, 1.54) is 12.1 Å². The third kappa shape index (κ3) is 4.75. The molecule has 0 spiro atoms. The highest BCUT2D eigenvalue weighted by molar-refractivity contribution is 5.78. The van der Waals surface area contributed by atoms with Crippen molar-refractivity contribution in [3.63, 3.8) is 0 Å². The maximum atomic E-state index is 12.7. The minimum absolute atomic E-state index is 0.151. The highest BCUT2D eigenvalue weighted by Gasteiger charge is 2.40. The zero-order valence-electron chi connectivity index (χ0n) is 14.6. The molecule has 1 atom stereocenters. The fourth-order valence-corrected chi connectivity index (χ4v) is 3.00. The molecule has 0 bridgehead atoms. The monoisotopic (exact) mass is 306 g/mol. The highest BCUT2D eigenvalue weighted by atomic mass is 16.5. The van der Waals surface area contributed by atoms with E-state index in [0.29, 0.717) is 5.75 Å². The Bertz CT molecular complexity index is 474. The molecule has 22 heavy (non-hydrogen) atoms. The van der Waals surface area contributed by atoms with Crippen LogP contribution < -0.4 is 4.74 Å². The van der Waals surface area contributed by atoms with E-state index >= 15 is 0 Å². The Morgan fingerprint density at radius 1 is 1.09 bits per heavy atom. The van der Waals surface area contributed by atoms with Crippen molar-refractivity contribution in [2.45, 2.75) is 66.7 Å². The second kappa shape index (κ2) is 7.66. The lowest BCUT2D eigenvalue weighted by Crippen LogP contribution is -2.37. The van der Waals surface area contributed by atoms with Gasteiger partial charge in [0, 0.05) is 0 Å². The molecule has 0 saturated carbocycles. The van der Waals surface area contributed by atoms with E-state index in [1.807, 2.05) is 6.92 Å². The number of phenols is 1. The van der Waals surface area contributed by atoms with Crippen LogP contribution in [0.5, 0.6) is 11.5 Å². The van der Waals surface area contributed by atoms with Crippen LogP contribution in [0.3, 0.4) is 0 Å². The molecule has 1 rings (SSSR count). The summed E-state index contributed by atoms with van der Waals surface area (Å²) in [6.07, 6.45) is 4.70. The number of benzene rings is 1. The van der Waals surface area contributed by atoms with E-state index in [9.17, 15) is 9.90 Å². The Labute approximate surface area is 134 Å². The van der Waals surface area contributed by atoms with Crippen LogP contribution in [0.25, 0.3) is 0 Å². The van der Waals surface area contributed by atoms with Crippen molar-refractivity contribution in [1.29, 1.82) is 0 Å². The van der Waals surface area contributed by atoms with Crippen LogP contribution in [0.15, 0.2) is 24.3 Å². The van der Waals surface area contributed by atoms with Crippen molar-refractivity contribution in [2.24, 2.45) is 10.8 Å². The van der Waals surface area contributed by atoms with Crippen LogP contribution in [0, 0.1) is 10.8 Å². The molecule has 0 amide bonds. The maximum absolute atomic E-state index is 12.7. The number of hydrogen-bond donors (Lipinski definition) is 1. The summed E-state index contributed by atoms with van der Waals surface area (Å²) in [5.41, 5.74) is -0.328. The highest BCUT2D eigenvalue weighted by Crippen LogP contribution is 2.42. The normalized spacial score (nSPS) is 14.4. The molecule has 0 aliphatic rings. The molecule has 1 unspecified atom stereocenters. The molecule has 0 saturated heterocycles. The fourth-order valence-electron chi connectivity index (χ4n) is 3.00. The van der Waals surface area contributed by atoms with Crippen LogP contribution in [0.2, 0.25) is 0 Å². The third-order valence-electron chi connectivity index (χ3n) is 4.87. The molecule has 0 aliphatic carbocycles. The first kappa shape index (κ1) is 18.5. The van der Waals surface area contributed by atoms with Crippen molar-refractivity contribution in [1.82, 2.24) is 0 Å². The lowest BCUT2D eigenvalue weighted by molar-refractivity contribution is -0.147. The molecule has 0 heterocycles. The smallest absolute Gasteiger partial charge is 0.317 e. The zero-order chi connectivity index (χ0) is 16.8. The molecule has 0 fully saturated rings. The summed E-state index contributed by atoms with van der Waals surface area (Å²) in [6, 6.07) is 6.31. The standard InChI is InChI=1S/C19H30O3/c1-6-13-19(5,14-18(4,7-2)8-3)17(21)22-16-11-9-15(20)10-12-16/h9-12,20H,6-8,13-14H2,1-5H3. The number of carbonyl (C=O) groups excluding carboxylic acids is 1. The van der Waals surface area contributed by atoms with Gasteiger partial charge in [-0.25, -0.2) is 0 Å². The van der Waals surface area contributed by atoms with Gasteiger partial charge < -0.3 is 9.84 Å². The minimum Gasteiger partial charge on any atom is -0.508 e. The molecule has 1 aromatic carbocycles. The SMILES string of the molecule is CCCC(C)(CC(C)(CC)CC)C(=O)Oc1ccc(O)cc1. The van der Waals surface area contributed by atoms with Crippen LogP contribution in [-0.4, -0.2) is 11.1 Å². The number of rotatable bonds is 8. The Kier molecular flexibility index (Phi) is 6.46. The largest absolute Gasteiger partial charge is 0.508 e. The lowest BCUT2D eigenvalue weighted by atomic mass is 9.68. The Hall–Kier alpha value is -1.51. The van der Waals surface area contributed by atoms with Gasteiger partial charge in [-0.3, -0.25) is 4.79 Å². The summed E-state index contributed by atoms with van der Waals surface area (Å²) >= 11 is 0. The first-order valence-electron chi connectivity index (χ1n) is 8.30. The maximum Gasteiger partial charge on any atom is 0.317 e. The van der Waals surface area contributed by atoms with Crippen LogP contribution in [0.4, 0.5) is 0 Å². The van der Waals surface area contributed by atoms with Crippen molar-refractivity contribution in [3.8, 4) is 11.5 Å². The van der Waals surface area contributed by atoms with Gasteiger partial charge in [0.15, 0.2) is 0 Å². The van der Waals surface area contributed by atoms with E-state index in [2.05, 4.69) is 27.7 Å². The molecule has 1 aromatic rings. The van der Waals surface area contributed by atoms with Crippen LogP contribution >= 0.6 is 0 Å². The van der Waals surface area contributed by atoms with Gasteiger partial charge in [0.2, 0.25) is 0 Å². The molecule has 124 valence electrons. The Balaban J connectivity index is 2.92. The van der Waals surface area contributed by atoms with Gasteiger partial charge in [0.1, 0.15) is 11.5 Å². The van der Waals surface area contributed by atoms with Gasteiger partial charge in [-0.2, -0.15) is 0 Å². The number of esters is 1. The van der Waals surface area contributed by atoms with Gasteiger partial charge in [0.25, 0.3) is 0 Å². The van der Waals surface area contributed by atoms with Gasteiger partial charge >= 0.3 is 5.97 Å². The Morgan fingerprint density at radius 2 is 1.64 bits per heavy atom. The summed E-state index contributed by atoms with van der Waals surface area (Å²) in [5.74, 6) is 0.480. The summed E-state index contributed by atoms with van der Waals surface area (Å²) in [6.45, 7) is 10.7. The van der Waals surface area contributed by atoms with Crippen molar-refractivity contribution in [2.75, 3.05) is 0 Å². The first-order valence-corrected chi connectivity index (χ1v) is 8.30. The van der Waals surface area contributed by atoms with Gasteiger partial charge in [-0.15, -0.1) is 0 Å². The predicted octanol–water partition coefficient (Wildman–Crippen LogP) is 5.32. The summed E-state index contributed by atoms with van der Waals surface area (Å²) in [5, 5.41) is 9.31. The van der Waals surface area contributed by atoms with E-state index < -0.39 is 5.41 Å². The van der Waals surface area contributed by atoms with Crippen molar-refractivity contribution in [3.05, 3.63) is 24.3 Å². The fraction of sp³-hybridized carbons (Fsp3) is 0.632. The number of aromatic hydroxyl groups is 1.